The third kappa shape index (κ3) is 6.07. The Morgan fingerprint density at radius 3 is 2.75 bits per heavy atom. The summed E-state index contributed by atoms with van der Waals surface area (Å²) in [6.45, 7) is 2.72. The minimum atomic E-state index is -1.94. The van der Waals surface area contributed by atoms with Crippen molar-refractivity contribution in [3.63, 3.8) is 0 Å². The Bertz CT molecular complexity index is 73.7. The number of rotatable bonds is 4. The molecule has 0 amide bonds. The molecule has 0 aliphatic heterocycles. The zero-order valence-electron chi connectivity index (χ0n) is 4.75. The molecule has 0 N–H and O–H groups in total. The van der Waals surface area contributed by atoms with Crippen molar-refractivity contribution in [2.45, 2.75) is 6.92 Å². The molecule has 0 fully saturated rings. The van der Waals surface area contributed by atoms with Crippen LogP contribution in [0.15, 0.2) is 0 Å². The van der Waals surface area contributed by atoms with E-state index in [1.54, 1.807) is 0 Å². The molecule has 0 heterocycles. The molecule has 1 unspecified atom stereocenters. The molecule has 0 aliphatic rings. The average molecular weight is 137 g/mol. The first-order chi connectivity index (χ1) is 3.77. The Kier molecular flexibility index (Phi) is 5.26. The maximum absolute atomic E-state index is 9.79. The fraction of sp³-hybridized carbons (Fsp3) is 1.00. The molecule has 4 heteroatoms. The molecule has 1 atom stereocenters. The van der Waals surface area contributed by atoms with Crippen molar-refractivity contribution in [3.05, 3.63) is 0 Å². The SMILES string of the molecule is CCOCCS(=O)[O-]. The normalized spacial score (nSPS) is 13.8. The minimum Gasteiger partial charge on any atom is -0.772 e. The molecule has 0 aromatic carbocycles. The van der Waals surface area contributed by atoms with Crippen molar-refractivity contribution in [3.8, 4) is 0 Å². The van der Waals surface area contributed by atoms with Crippen molar-refractivity contribution in [2.24, 2.45) is 0 Å². The van der Waals surface area contributed by atoms with Crippen LogP contribution in [0.5, 0.6) is 0 Å². The lowest BCUT2D eigenvalue weighted by Gasteiger charge is -2.02. The van der Waals surface area contributed by atoms with E-state index in [1.165, 1.54) is 0 Å². The summed E-state index contributed by atoms with van der Waals surface area (Å²) >= 11 is -1.94. The summed E-state index contributed by atoms with van der Waals surface area (Å²) in [5.41, 5.74) is 0. The van der Waals surface area contributed by atoms with Gasteiger partial charge in [-0.25, -0.2) is 0 Å². The summed E-state index contributed by atoms with van der Waals surface area (Å²) in [5.74, 6) is 0.105. The topological polar surface area (TPSA) is 49.4 Å². The van der Waals surface area contributed by atoms with Crippen LogP contribution in [-0.2, 0) is 15.8 Å². The van der Waals surface area contributed by atoms with Crippen LogP contribution in [0.25, 0.3) is 0 Å². The maximum Gasteiger partial charge on any atom is 0.0570 e. The highest BCUT2D eigenvalue weighted by molar-refractivity contribution is 7.79. The quantitative estimate of drug-likeness (QED) is 0.401. The fourth-order valence-electron chi connectivity index (χ4n) is 0.271. The van der Waals surface area contributed by atoms with E-state index in [4.69, 9.17) is 4.74 Å². The van der Waals surface area contributed by atoms with E-state index < -0.39 is 11.1 Å². The molecule has 8 heavy (non-hydrogen) atoms. The van der Waals surface area contributed by atoms with Gasteiger partial charge in [0.1, 0.15) is 0 Å². The summed E-state index contributed by atoms with van der Waals surface area (Å²) in [5, 5.41) is 0. The van der Waals surface area contributed by atoms with Gasteiger partial charge in [0.25, 0.3) is 0 Å². The van der Waals surface area contributed by atoms with E-state index in [0.29, 0.717) is 13.2 Å². The Labute approximate surface area is 51.3 Å². The van der Waals surface area contributed by atoms with Gasteiger partial charge in [0, 0.05) is 12.4 Å². The highest BCUT2D eigenvalue weighted by Gasteiger charge is 1.82. The predicted octanol–water partition coefficient (Wildman–Crippen LogP) is -0.0980. The molecular formula is C4H9O3S-. The molecule has 50 valence electrons. The second-order valence-electron chi connectivity index (χ2n) is 1.20. The molecule has 0 aromatic rings. The van der Waals surface area contributed by atoms with Crippen molar-refractivity contribution in [1.29, 1.82) is 0 Å². The molecule has 3 nitrogen and oxygen atoms in total. The van der Waals surface area contributed by atoms with Gasteiger partial charge in [-0.2, -0.15) is 0 Å². The predicted molar refractivity (Wildman–Crippen MR) is 30.3 cm³/mol. The highest BCUT2D eigenvalue weighted by Crippen LogP contribution is 1.75. The average Bonchev–Trinajstić information content (AvgIpc) is 1.66. The van der Waals surface area contributed by atoms with Gasteiger partial charge in [0.05, 0.1) is 6.61 Å². The van der Waals surface area contributed by atoms with Crippen molar-refractivity contribution in [1.82, 2.24) is 0 Å². The van der Waals surface area contributed by atoms with Crippen LogP contribution in [0.1, 0.15) is 6.92 Å². The number of hydrogen-bond acceptors (Lipinski definition) is 3. The third-order valence-electron chi connectivity index (χ3n) is 0.598. The Balaban J connectivity index is 2.82. The van der Waals surface area contributed by atoms with E-state index in [2.05, 4.69) is 0 Å². The van der Waals surface area contributed by atoms with E-state index in [1.807, 2.05) is 6.92 Å². The first-order valence-corrected chi connectivity index (χ1v) is 3.65. The lowest BCUT2D eigenvalue weighted by atomic mass is 10.8. The van der Waals surface area contributed by atoms with Crippen LogP contribution < -0.4 is 0 Å². The first-order valence-electron chi connectivity index (χ1n) is 2.41. The largest absolute Gasteiger partial charge is 0.772 e. The van der Waals surface area contributed by atoms with Crippen molar-refractivity contribution in [2.75, 3.05) is 19.0 Å². The molecule has 0 bridgehead atoms. The standard InChI is InChI=1S/C4H10O3S/c1-2-7-3-4-8(5)6/h2-4H2,1H3,(H,5,6)/p-1. The molecule has 0 aliphatic carbocycles. The second-order valence-corrected chi connectivity index (χ2v) is 2.22. The second kappa shape index (κ2) is 5.21. The van der Waals surface area contributed by atoms with Crippen LogP contribution in [0.3, 0.4) is 0 Å². The molecule has 0 radical (unpaired) electrons. The number of hydrogen-bond donors (Lipinski definition) is 0. The van der Waals surface area contributed by atoms with Gasteiger partial charge in [-0.15, -0.1) is 0 Å². The maximum atomic E-state index is 9.79. The molecule has 0 spiro atoms. The monoisotopic (exact) mass is 137 g/mol. The summed E-state index contributed by atoms with van der Waals surface area (Å²) < 4.78 is 24.3. The zero-order valence-corrected chi connectivity index (χ0v) is 5.57. The fourth-order valence-corrected chi connectivity index (χ4v) is 0.525. The van der Waals surface area contributed by atoms with Gasteiger partial charge >= 0.3 is 0 Å². The first kappa shape index (κ1) is 8.07. The van der Waals surface area contributed by atoms with Gasteiger partial charge in [-0.1, -0.05) is 11.1 Å². The lowest BCUT2D eigenvalue weighted by Crippen LogP contribution is -2.04. The smallest absolute Gasteiger partial charge is 0.0570 e. The van der Waals surface area contributed by atoms with Crippen LogP contribution in [-0.4, -0.2) is 27.7 Å². The summed E-state index contributed by atoms with van der Waals surface area (Å²) in [7, 11) is 0. The Hall–Kier alpha value is 0.0700. The van der Waals surface area contributed by atoms with Crippen molar-refractivity contribution < 1.29 is 13.5 Å². The third-order valence-corrected chi connectivity index (χ3v) is 1.10. The van der Waals surface area contributed by atoms with Gasteiger partial charge < -0.3 is 9.29 Å². The Morgan fingerprint density at radius 2 is 2.38 bits per heavy atom. The molecular weight excluding hydrogens is 128 g/mol. The van der Waals surface area contributed by atoms with Gasteiger partial charge in [0.15, 0.2) is 0 Å². The van der Waals surface area contributed by atoms with Crippen molar-refractivity contribution >= 4 is 11.1 Å². The van der Waals surface area contributed by atoms with Gasteiger partial charge in [-0.05, 0) is 6.92 Å². The lowest BCUT2D eigenvalue weighted by molar-refractivity contribution is 0.163. The molecule has 0 aromatic heterocycles. The summed E-state index contributed by atoms with van der Waals surface area (Å²) in [6.07, 6.45) is 0. The molecule has 0 rings (SSSR count). The van der Waals surface area contributed by atoms with Crippen LogP contribution in [0, 0.1) is 0 Å². The Morgan fingerprint density at radius 1 is 1.75 bits per heavy atom. The molecule has 0 saturated carbocycles. The van der Waals surface area contributed by atoms with Crippen LogP contribution >= 0.6 is 0 Å². The van der Waals surface area contributed by atoms with E-state index in [0.717, 1.165) is 0 Å². The van der Waals surface area contributed by atoms with E-state index in [9.17, 15) is 8.76 Å². The van der Waals surface area contributed by atoms with Gasteiger partial charge in [-0.3, -0.25) is 4.21 Å². The number of ether oxygens (including phenoxy) is 1. The summed E-state index contributed by atoms with van der Waals surface area (Å²) in [6, 6.07) is 0. The highest BCUT2D eigenvalue weighted by atomic mass is 32.2. The van der Waals surface area contributed by atoms with E-state index >= 15 is 0 Å². The van der Waals surface area contributed by atoms with Crippen LogP contribution in [0.4, 0.5) is 0 Å². The van der Waals surface area contributed by atoms with E-state index in [-0.39, 0.29) is 5.75 Å². The van der Waals surface area contributed by atoms with Crippen LogP contribution in [0.2, 0.25) is 0 Å². The minimum absolute atomic E-state index is 0.105. The van der Waals surface area contributed by atoms with Gasteiger partial charge in [0.2, 0.25) is 0 Å². The summed E-state index contributed by atoms with van der Waals surface area (Å²) in [4.78, 5) is 0. The zero-order chi connectivity index (χ0) is 6.41. The molecule has 0 saturated heterocycles.